The molecule has 0 aliphatic rings. The third-order valence-electron chi connectivity index (χ3n) is 2.43. The number of rotatable bonds is 3. The molecule has 5 heteroatoms. The Kier molecular flexibility index (Phi) is 3.83. The summed E-state index contributed by atoms with van der Waals surface area (Å²) in [6.07, 6.45) is 3.43. The number of hydrogen-bond acceptors (Lipinski definition) is 2. The molecule has 2 rings (SSSR count). The van der Waals surface area contributed by atoms with Gasteiger partial charge in [0.15, 0.2) is 5.82 Å². The van der Waals surface area contributed by atoms with E-state index in [-0.39, 0.29) is 5.78 Å². The fourth-order valence-corrected chi connectivity index (χ4v) is 2.32. The summed E-state index contributed by atoms with van der Waals surface area (Å²) in [5.41, 5.74) is 0.596. The molecule has 17 heavy (non-hydrogen) atoms. The Morgan fingerprint density at radius 2 is 2.29 bits per heavy atom. The smallest absolute Gasteiger partial charge is 0.229 e. The van der Waals surface area contributed by atoms with Gasteiger partial charge in [-0.3, -0.25) is 4.79 Å². The number of nitrogens with zero attached hydrogens (tertiary/aromatic N) is 2. The lowest BCUT2D eigenvalue weighted by atomic mass is 10.1. The molecule has 1 heterocycles. The van der Waals surface area contributed by atoms with Crippen LogP contribution < -0.4 is 0 Å². The van der Waals surface area contributed by atoms with E-state index in [2.05, 4.69) is 27.6 Å². The van der Waals surface area contributed by atoms with Crippen LogP contribution in [-0.2, 0) is 6.54 Å². The van der Waals surface area contributed by atoms with Crippen molar-refractivity contribution in [2.45, 2.75) is 13.5 Å². The Hall–Kier alpha value is -0.880. The summed E-state index contributed by atoms with van der Waals surface area (Å²) in [5, 5.41) is 0.559. The molecule has 2 aromatic rings. The van der Waals surface area contributed by atoms with Crippen molar-refractivity contribution in [3.8, 4) is 0 Å². The number of ketones is 1. The highest BCUT2D eigenvalue weighted by molar-refractivity contribution is 14.1. The van der Waals surface area contributed by atoms with Crippen LogP contribution in [0.2, 0.25) is 5.02 Å². The van der Waals surface area contributed by atoms with Gasteiger partial charge in [-0.2, -0.15) is 0 Å². The van der Waals surface area contributed by atoms with Gasteiger partial charge in [0.25, 0.3) is 0 Å². The van der Waals surface area contributed by atoms with Gasteiger partial charge in [0.05, 0.1) is 0 Å². The largest absolute Gasteiger partial charge is 0.328 e. The van der Waals surface area contributed by atoms with E-state index in [1.807, 2.05) is 17.6 Å². The summed E-state index contributed by atoms with van der Waals surface area (Å²) in [5.74, 6) is 0.358. The molecule has 3 nitrogen and oxygen atoms in total. The number of benzene rings is 1. The maximum absolute atomic E-state index is 12.3. The lowest BCUT2D eigenvalue weighted by molar-refractivity contribution is 0.102. The van der Waals surface area contributed by atoms with Crippen LogP contribution in [0.1, 0.15) is 23.1 Å². The Morgan fingerprint density at radius 1 is 1.53 bits per heavy atom. The molecular formula is C12H10ClIN2O. The molecule has 0 saturated heterocycles. The second-order valence-corrected chi connectivity index (χ2v) is 5.09. The van der Waals surface area contributed by atoms with Crippen LogP contribution in [0.3, 0.4) is 0 Å². The first-order chi connectivity index (χ1) is 8.13. The zero-order valence-electron chi connectivity index (χ0n) is 9.15. The average Bonchev–Trinajstić information content (AvgIpc) is 2.79. The number of hydrogen-bond donors (Lipinski definition) is 0. The normalized spacial score (nSPS) is 10.5. The fourth-order valence-electron chi connectivity index (χ4n) is 1.57. The van der Waals surface area contributed by atoms with Crippen molar-refractivity contribution in [2.24, 2.45) is 0 Å². The van der Waals surface area contributed by atoms with Crippen molar-refractivity contribution in [3.05, 3.63) is 50.6 Å². The predicted octanol–water partition coefficient (Wildman–Crippen LogP) is 3.39. The van der Waals surface area contributed by atoms with Crippen LogP contribution in [0.5, 0.6) is 0 Å². The summed E-state index contributed by atoms with van der Waals surface area (Å²) in [6, 6.07) is 5.28. The zero-order chi connectivity index (χ0) is 12.4. The lowest BCUT2D eigenvalue weighted by Gasteiger charge is -2.06. The van der Waals surface area contributed by atoms with E-state index in [0.29, 0.717) is 16.4 Å². The minimum atomic E-state index is -0.0937. The molecule has 1 aromatic heterocycles. The monoisotopic (exact) mass is 360 g/mol. The van der Waals surface area contributed by atoms with Gasteiger partial charge < -0.3 is 4.57 Å². The molecule has 0 spiro atoms. The third-order valence-corrected chi connectivity index (χ3v) is 3.61. The molecule has 0 N–H and O–H groups in total. The average molecular weight is 361 g/mol. The molecule has 0 aliphatic heterocycles. The molecule has 0 atom stereocenters. The Bertz CT molecular complexity index is 565. The molecule has 0 fully saturated rings. The summed E-state index contributed by atoms with van der Waals surface area (Å²) in [6.45, 7) is 2.69. The molecule has 1 aromatic carbocycles. The van der Waals surface area contributed by atoms with Crippen LogP contribution in [0.15, 0.2) is 30.6 Å². The van der Waals surface area contributed by atoms with Gasteiger partial charge >= 0.3 is 0 Å². The highest BCUT2D eigenvalue weighted by Gasteiger charge is 2.17. The number of aromatic nitrogens is 2. The van der Waals surface area contributed by atoms with E-state index < -0.39 is 0 Å². The van der Waals surface area contributed by atoms with Crippen LogP contribution in [0.4, 0.5) is 0 Å². The van der Waals surface area contributed by atoms with Crippen molar-refractivity contribution in [1.82, 2.24) is 9.55 Å². The van der Waals surface area contributed by atoms with E-state index in [1.54, 1.807) is 24.5 Å². The maximum atomic E-state index is 12.3. The molecule has 0 saturated carbocycles. The number of imidazole rings is 1. The van der Waals surface area contributed by atoms with E-state index in [0.717, 1.165) is 10.1 Å². The fraction of sp³-hybridized carbons (Fsp3) is 0.167. The zero-order valence-corrected chi connectivity index (χ0v) is 12.1. The molecular weight excluding hydrogens is 351 g/mol. The summed E-state index contributed by atoms with van der Waals surface area (Å²) < 4.78 is 2.70. The molecule has 88 valence electrons. The maximum Gasteiger partial charge on any atom is 0.229 e. The summed E-state index contributed by atoms with van der Waals surface area (Å²) in [4.78, 5) is 16.4. The second kappa shape index (κ2) is 5.18. The molecule has 0 bridgehead atoms. The van der Waals surface area contributed by atoms with Gasteiger partial charge in [0.2, 0.25) is 5.78 Å². The van der Waals surface area contributed by atoms with Crippen LogP contribution in [-0.4, -0.2) is 15.3 Å². The highest BCUT2D eigenvalue weighted by atomic mass is 127. The number of carbonyl (C=O) groups is 1. The topological polar surface area (TPSA) is 34.9 Å². The van der Waals surface area contributed by atoms with E-state index in [4.69, 9.17) is 11.6 Å². The molecule has 0 unspecified atom stereocenters. The lowest BCUT2D eigenvalue weighted by Crippen LogP contribution is -2.11. The van der Waals surface area contributed by atoms with Gasteiger partial charge in [-0.1, -0.05) is 11.6 Å². The van der Waals surface area contributed by atoms with Crippen molar-refractivity contribution < 1.29 is 4.79 Å². The van der Waals surface area contributed by atoms with Crippen molar-refractivity contribution in [3.63, 3.8) is 0 Å². The first-order valence-electron chi connectivity index (χ1n) is 5.14. The van der Waals surface area contributed by atoms with E-state index >= 15 is 0 Å². The SMILES string of the molecule is CCn1ccnc1C(=O)c1cc(Cl)ccc1I. The Morgan fingerprint density at radius 3 is 3.00 bits per heavy atom. The van der Waals surface area contributed by atoms with Gasteiger partial charge in [0.1, 0.15) is 0 Å². The summed E-state index contributed by atoms with van der Waals surface area (Å²) >= 11 is 8.04. The number of carbonyl (C=O) groups excluding carboxylic acids is 1. The van der Waals surface area contributed by atoms with Crippen LogP contribution >= 0.6 is 34.2 Å². The molecule has 0 aliphatic carbocycles. The first kappa shape index (κ1) is 12.6. The minimum absolute atomic E-state index is 0.0937. The van der Waals surface area contributed by atoms with Crippen LogP contribution in [0, 0.1) is 3.57 Å². The van der Waals surface area contributed by atoms with Gasteiger partial charge in [-0.15, -0.1) is 0 Å². The van der Waals surface area contributed by atoms with E-state index in [1.165, 1.54) is 0 Å². The first-order valence-corrected chi connectivity index (χ1v) is 6.60. The molecule has 0 amide bonds. The minimum Gasteiger partial charge on any atom is -0.328 e. The van der Waals surface area contributed by atoms with Gasteiger partial charge in [-0.25, -0.2) is 4.98 Å². The molecule has 0 radical (unpaired) electrons. The Balaban J connectivity index is 2.47. The standard InChI is InChI=1S/C12H10ClIN2O/c1-2-16-6-5-15-12(16)11(17)9-7-8(13)3-4-10(9)14/h3-7H,2H2,1H3. The second-order valence-electron chi connectivity index (χ2n) is 3.49. The van der Waals surface area contributed by atoms with Crippen LogP contribution in [0.25, 0.3) is 0 Å². The van der Waals surface area contributed by atoms with Gasteiger partial charge in [-0.05, 0) is 47.7 Å². The van der Waals surface area contributed by atoms with Gasteiger partial charge in [0, 0.05) is 33.1 Å². The predicted molar refractivity (Wildman–Crippen MR) is 75.5 cm³/mol. The summed E-state index contributed by atoms with van der Waals surface area (Å²) in [7, 11) is 0. The van der Waals surface area contributed by atoms with Crippen molar-refractivity contribution in [2.75, 3.05) is 0 Å². The van der Waals surface area contributed by atoms with Crippen molar-refractivity contribution >= 4 is 40.0 Å². The number of aryl methyl sites for hydroxylation is 1. The van der Waals surface area contributed by atoms with Crippen molar-refractivity contribution in [1.29, 1.82) is 0 Å². The number of halogens is 2. The Labute approximate surface area is 118 Å². The highest BCUT2D eigenvalue weighted by Crippen LogP contribution is 2.20. The quantitative estimate of drug-likeness (QED) is 0.621. The van der Waals surface area contributed by atoms with E-state index in [9.17, 15) is 4.79 Å². The third kappa shape index (κ3) is 2.52.